The van der Waals surface area contributed by atoms with E-state index in [1.807, 2.05) is 32.9 Å². The molecule has 0 aliphatic rings. The topological polar surface area (TPSA) is 51.5 Å². The molecular weight excluding hydrogens is 254 g/mol. The number of nitrogens with one attached hydrogen (secondary N) is 1. The highest BCUT2D eigenvalue weighted by Crippen LogP contribution is 2.22. The van der Waals surface area contributed by atoms with Crippen LogP contribution in [-0.4, -0.2) is 18.2 Å². The normalized spacial score (nSPS) is 11.6. The van der Waals surface area contributed by atoms with Crippen molar-refractivity contribution in [2.45, 2.75) is 39.7 Å². The lowest BCUT2D eigenvalue weighted by atomic mass is 10.1. The molecule has 1 aromatic heterocycles. The van der Waals surface area contributed by atoms with Gasteiger partial charge in [0.1, 0.15) is 11.2 Å². The van der Waals surface area contributed by atoms with Gasteiger partial charge in [-0.05, 0) is 51.8 Å². The molecule has 0 bridgehead atoms. The molecule has 108 valence electrons. The van der Waals surface area contributed by atoms with Gasteiger partial charge in [-0.3, -0.25) is 0 Å². The van der Waals surface area contributed by atoms with Crippen molar-refractivity contribution in [3.8, 4) is 0 Å². The standard InChI is InChI=1S/C16H21NO3/c1-11-5-6-14-13(9-11)12(10-19-14)7-8-17-15(18)20-16(2,3)4/h5-6,9-10H,7-8H2,1-4H3,(H,17,18). The second-order valence-corrected chi connectivity index (χ2v) is 5.94. The number of carbonyl (C=O) groups is 1. The first-order valence-corrected chi connectivity index (χ1v) is 6.79. The van der Waals surface area contributed by atoms with Crippen LogP contribution in [0.2, 0.25) is 0 Å². The van der Waals surface area contributed by atoms with Crippen molar-refractivity contribution in [1.82, 2.24) is 5.32 Å². The molecule has 1 heterocycles. The van der Waals surface area contributed by atoms with E-state index in [4.69, 9.17) is 9.15 Å². The fourth-order valence-electron chi connectivity index (χ4n) is 2.00. The number of furan rings is 1. The van der Waals surface area contributed by atoms with E-state index in [0.29, 0.717) is 6.54 Å². The first kappa shape index (κ1) is 14.4. The van der Waals surface area contributed by atoms with Crippen molar-refractivity contribution < 1.29 is 13.9 Å². The average molecular weight is 275 g/mol. The maximum Gasteiger partial charge on any atom is 0.407 e. The minimum absolute atomic E-state index is 0.388. The summed E-state index contributed by atoms with van der Waals surface area (Å²) in [5.74, 6) is 0. The second kappa shape index (κ2) is 5.57. The first-order chi connectivity index (χ1) is 9.35. The van der Waals surface area contributed by atoms with E-state index in [9.17, 15) is 4.79 Å². The highest BCUT2D eigenvalue weighted by atomic mass is 16.6. The molecule has 0 spiro atoms. The third-order valence-corrected chi connectivity index (χ3v) is 2.87. The van der Waals surface area contributed by atoms with E-state index in [1.165, 1.54) is 5.56 Å². The molecule has 1 N–H and O–H groups in total. The number of carbonyl (C=O) groups excluding carboxylic acids is 1. The summed E-state index contributed by atoms with van der Waals surface area (Å²) in [4.78, 5) is 11.5. The smallest absolute Gasteiger partial charge is 0.407 e. The molecule has 1 aromatic carbocycles. The summed E-state index contributed by atoms with van der Waals surface area (Å²) in [7, 11) is 0. The Hall–Kier alpha value is -1.97. The summed E-state index contributed by atoms with van der Waals surface area (Å²) in [5.41, 5.74) is 2.70. The van der Waals surface area contributed by atoms with Gasteiger partial charge in [0, 0.05) is 11.9 Å². The molecule has 0 saturated heterocycles. The monoisotopic (exact) mass is 275 g/mol. The summed E-state index contributed by atoms with van der Waals surface area (Å²) in [6.07, 6.45) is 2.08. The summed E-state index contributed by atoms with van der Waals surface area (Å²) in [5, 5.41) is 3.86. The fourth-order valence-corrected chi connectivity index (χ4v) is 2.00. The van der Waals surface area contributed by atoms with Crippen LogP contribution in [0.4, 0.5) is 4.79 Å². The minimum Gasteiger partial charge on any atom is -0.464 e. The Morgan fingerprint density at radius 2 is 2.10 bits per heavy atom. The Labute approximate surface area is 119 Å². The van der Waals surface area contributed by atoms with E-state index in [2.05, 4.69) is 18.3 Å². The Bertz CT molecular complexity index is 608. The van der Waals surface area contributed by atoms with Gasteiger partial charge in [-0.2, -0.15) is 0 Å². The van der Waals surface area contributed by atoms with Crippen molar-refractivity contribution in [3.63, 3.8) is 0 Å². The maximum atomic E-state index is 11.5. The van der Waals surface area contributed by atoms with Crippen LogP contribution in [-0.2, 0) is 11.2 Å². The van der Waals surface area contributed by atoms with Gasteiger partial charge < -0.3 is 14.5 Å². The minimum atomic E-state index is -0.469. The Morgan fingerprint density at radius 1 is 1.35 bits per heavy atom. The van der Waals surface area contributed by atoms with E-state index < -0.39 is 5.60 Å². The third-order valence-electron chi connectivity index (χ3n) is 2.87. The fraction of sp³-hybridized carbons (Fsp3) is 0.438. The van der Waals surface area contributed by atoms with Crippen LogP contribution >= 0.6 is 0 Å². The van der Waals surface area contributed by atoms with E-state index in [-0.39, 0.29) is 6.09 Å². The molecule has 0 radical (unpaired) electrons. The summed E-state index contributed by atoms with van der Waals surface area (Å²) >= 11 is 0. The van der Waals surface area contributed by atoms with Crippen LogP contribution in [0.3, 0.4) is 0 Å². The van der Waals surface area contributed by atoms with Gasteiger partial charge in [-0.15, -0.1) is 0 Å². The van der Waals surface area contributed by atoms with Gasteiger partial charge >= 0.3 is 6.09 Å². The molecule has 0 saturated carbocycles. The highest BCUT2D eigenvalue weighted by molar-refractivity contribution is 5.81. The zero-order chi connectivity index (χ0) is 14.8. The largest absolute Gasteiger partial charge is 0.464 e. The Kier molecular flexibility index (Phi) is 4.02. The van der Waals surface area contributed by atoms with Crippen LogP contribution < -0.4 is 5.32 Å². The number of rotatable bonds is 3. The maximum absolute atomic E-state index is 11.5. The van der Waals surface area contributed by atoms with E-state index in [1.54, 1.807) is 6.26 Å². The van der Waals surface area contributed by atoms with Gasteiger partial charge in [0.15, 0.2) is 0 Å². The van der Waals surface area contributed by atoms with Gasteiger partial charge in [0.2, 0.25) is 0 Å². The molecule has 0 aliphatic carbocycles. The van der Waals surface area contributed by atoms with Crippen LogP contribution in [0, 0.1) is 6.92 Å². The molecular formula is C16H21NO3. The van der Waals surface area contributed by atoms with Gasteiger partial charge in [0.25, 0.3) is 0 Å². The lowest BCUT2D eigenvalue weighted by molar-refractivity contribution is 0.0528. The molecule has 4 heteroatoms. The van der Waals surface area contributed by atoms with Crippen LogP contribution in [0.15, 0.2) is 28.9 Å². The predicted molar refractivity (Wildman–Crippen MR) is 78.9 cm³/mol. The average Bonchev–Trinajstić information content (AvgIpc) is 2.69. The quantitative estimate of drug-likeness (QED) is 0.926. The van der Waals surface area contributed by atoms with Gasteiger partial charge in [0.05, 0.1) is 6.26 Å². The lowest BCUT2D eigenvalue weighted by Gasteiger charge is -2.19. The van der Waals surface area contributed by atoms with E-state index >= 15 is 0 Å². The highest BCUT2D eigenvalue weighted by Gasteiger charge is 2.15. The molecule has 0 fully saturated rings. The molecule has 1 amide bonds. The summed E-state index contributed by atoms with van der Waals surface area (Å²) in [6, 6.07) is 6.09. The molecule has 20 heavy (non-hydrogen) atoms. The lowest BCUT2D eigenvalue weighted by Crippen LogP contribution is -2.33. The van der Waals surface area contributed by atoms with E-state index in [0.717, 1.165) is 23.0 Å². The van der Waals surface area contributed by atoms with Crippen LogP contribution in [0.25, 0.3) is 11.0 Å². The summed E-state index contributed by atoms with van der Waals surface area (Å²) < 4.78 is 10.7. The number of amides is 1. The van der Waals surface area contributed by atoms with Crippen LogP contribution in [0.5, 0.6) is 0 Å². The molecule has 4 nitrogen and oxygen atoms in total. The number of ether oxygens (including phenoxy) is 1. The molecule has 0 unspecified atom stereocenters. The third kappa shape index (κ3) is 3.76. The van der Waals surface area contributed by atoms with Crippen molar-refractivity contribution in [1.29, 1.82) is 0 Å². The molecule has 0 atom stereocenters. The number of hydrogen-bond acceptors (Lipinski definition) is 3. The predicted octanol–water partition coefficient (Wildman–Crippen LogP) is 3.81. The summed E-state index contributed by atoms with van der Waals surface area (Å²) in [6.45, 7) is 8.11. The number of aryl methyl sites for hydroxylation is 1. The zero-order valence-electron chi connectivity index (χ0n) is 12.4. The first-order valence-electron chi connectivity index (χ1n) is 6.79. The second-order valence-electron chi connectivity index (χ2n) is 5.94. The van der Waals surface area contributed by atoms with Crippen molar-refractivity contribution >= 4 is 17.1 Å². The SMILES string of the molecule is Cc1ccc2occ(CCNC(=O)OC(C)(C)C)c2c1. The number of alkyl carbamates (subject to hydrolysis) is 1. The van der Waals surface area contributed by atoms with Gasteiger partial charge in [-0.25, -0.2) is 4.79 Å². The molecule has 0 aliphatic heterocycles. The van der Waals surface area contributed by atoms with Gasteiger partial charge in [-0.1, -0.05) is 11.6 Å². The van der Waals surface area contributed by atoms with Crippen molar-refractivity contribution in [3.05, 3.63) is 35.6 Å². The van der Waals surface area contributed by atoms with Crippen LogP contribution in [0.1, 0.15) is 31.9 Å². The zero-order valence-corrected chi connectivity index (χ0v) is 12.4. The number of benzene rings is 1. The molecule has 2 rings (SSSR count). The molecule has 2 aromatic rings. The van der Waals surface area contributed by atoms with Crippen molar-refractivity contribution in [2.75, 3.05) is 6.54 Å². The Balaban J connectivity index is 1.93. The number of hydrogen-bond donors (Lipinski definition) is 1. The number of fused-ring (bicyclic) bond motifs is 1. The Morgan fingerprint density at radius 3 is 2.80 bits per heavy atom. The van der Waals surface area contributed by atoms with Crippen molar-refractivity contribution in [2.24, 2.45) is 0 Å².